The summed E-state index contributed by atoms with van der Waals surface area (Å²) in [6.07, 6.45) is 1.54. The summed E-state index contributed by atoms with van der Waals surface area (Å²) in [5.74, 6) is -0.416. The maximum absolute atomic E-state index is 10.5. The van der Waals surface area contributed by atoms with E-state index in [9.17, 15) is 9.59 Å². The number of aliphatic imine (C=N–C) groups is 1. The molecule has 0 aliphatic carbocycles. The van der Waals surface area contributed by atoms with Gasteiger partial charge in [-0.3, -0.25) is 14.6 Å². The molecule has 0 saturated carbocycles. The normalized spacial score (nSPS) is 9.70. The summed E-state index contributed by atoms with van der Waals surface area (Å²) < 4.78 is 4.52. The largest absolute Gasteiger partial charge is 0.465 e. The monoisotopic (exact) mass is 143 g/mol. The molecule has 0 spiro atoms. The first-order valence-electron chi connectivity index (χ1n) is 2.90. The van der Waals surface area contributed by atoms with Gasteiger partial charge >= 0.3 is 5.97 Å². The Morgan fingerprint density at radius 2 is 2.40 bits per heavy atom. The number of hydrogen-bond donors (Lipinski definition) is 0. The van der Waals surface area contributed by atoms with Crippen molar-refractivity contribution in [1.29, 1.82) is 0 Å². The quantitative estimate of drug-likeness (QED) is 0.311. The molecule has 0 aromatic carbocycles. The number of hydrogen-bond acceptors (Lipinski definition) is 4. The lowest BCUT2D eigenvalue weighted by Crippen LogP contribution is -2.07. The maximum atomic E-state index is 10.5. The highest BCUT2D eigenvalue weighted by molar-refractivity contribution is 6.13. The van der Waals surface area contributed by atoms with Crippen molar-refractivity contribution in [2.75, 3.05) is 13.2 Å². The molecule has 0 heterocycles. The average molecular weight is 143 g/mol. The molecule has 0 rings (SSSR count). The highest BCUT2D eigenvalue weighted by Gasteiger charge is 1.95. The van der Waals surface area contributed by atoms with Crippen molar-refractivity contribution in [3.63, 3.8) is 0 Å². The Morgan fingerprint density at radius 3 is 2.90 bits per heavy atom. The van der Waals surface area contributed by atoms with E-state index in [0.29, 0.717) is 12.9 Å². The van der Waals surface area contributed by atoms with Gasteiger partial charge in [0, 0.05) is 0 Å². The molecule has 0 aliphatic heterocycles. The molecule has 0 N–H and O–H groups in total. The summed E-state index contributed by atoms with van der Waals surface area (Å²) in [5, 5.41) is 0. The number of nitrogens with zero attached hydrogens (tertiary/aromatic N) is 1. The lowest BCUT2D eigenvalue weighted by Gasteiger charge is -1.94. The van der Waals surface area contributed by atoms with E-state index in [1.807, 2.05) is 0 Å². The van der Waals surface area contributed by atoms with Crippen LogP contribution in [0.3, 0.4) is 0 Å². The Balaban J connectivity index is 3.38. The van der Waals surface area contributed by atoms with E-state index < -0.39 is 5.97 Å². The molecule has 4 nitrogen and oxygen atoms in total. The molecule has 0 aromatic rings. The third kappa shape index (κ3) is 4.96. The van der Waals surface area contributed by atoms with Crippen LogP contribution < -0.4 is 0 Å². The van der Waals surface area contributed by atoms with Crippen molar-refractivity contribution in [2.24, 2.45) is 4.99 Å². The van der Waals surface area contributed by atoms with Crippen LogP contribution in [0.15, 0.2) is 4.99 Å². The van der Waals surface area contributed by atoms with Crippen LogP contribution in [0.25, 0.3) is 0 Å². The van der Waals surface area contributed by atoms with E-state index >= 15 is 0 Å². The fourth-order valence-electron chi connectivity index (χ4n) is 0.377. The van der Waals surface area contributed by atoms with Crippen molar-refractivity contribution in [2.45, 2.75) is 6.92 Å². The summed E-state index contributed by atoms with van der Waals surface area (Å²) in [6, 6.07) is 0. The van der Waals surface area contributed by atoms with Gasteiger partial charge in [-0.15, -0.1) is 0 Å². The number of carbonyl (C=O) groups excluding carboxylic acids is 2. The van der Waals surface area contributed by atoms with Gasteiger partial charge in [-0.25, -0.2) is 0 Å². The second-order valence-corrected chi connectivity index (χ2v) is 1.43. The number of aldehydes is 1. The first-order valence-corrected chi connectivity index (χ1v) is 2.90. The van der Waals surface area contributed by atoms with Gasteiger partial charge in [-0.05, 0) is 6.92 Å². The minimum atomic E-state index is -0.416. The second-order valence-electron chi connectivity index (χ2n) is 1.43. The lowest BCUT2D eigenvalue weighted by molar-refractivity contribution is -0.141. The number of rotatable bonds is 4. The van der Waals surface area contributed by atoms with E-state index in [1.165, 1.54) is 0 Å². The third-order valence-electron chi connectivity index (χ3n) is 0.692. The molecular weight excluding hydrogens is 134 g/mol. The van der Waals surface area contributed by atoms with Gasteiger partial charge in [-0.2, -0.15) is 0 Å². The minimum Gasteiger partial charge on any atom is -0.465 e. The Kier molecular flexibility index (Phi) is 5.23. The zero-order valence-corrected chi connectivity index (χ0v) is 5.74. The topological polar surface area (TPSA) is 55.7 Å². The van der Waals surface area contributed by atoms with Crippen LogP contribution >= 0.6 is 0 Å². The van der Waals surface area contributed by atoms with E-state index in [0.717, 1.165) is 6.21 Å². The predicted molar refractivity (Wildman–Crippen MR) is 36.1 cm³/mol. The van der Waals surface area contributed by atoms with Crippen LogP contribution in [0, 0.1) is 0 Å². The van der Waals surface area contributed by atoms with E-state index in [2.05, 4.69) is 9.73 Å². The molecule has 0 aliphatic rings. The first kappa shape index (κ1) is 8.81. The number of carbonyl (C=O) groups is 2. The third-order valence-corrected chi connectivity index (χ3v) is 0.692. The molecule has 0 radical (unpaired) electrons. The Hall–Kier alpha value is -1.19. The van der Waals surface area contributed by atoms with E-state index in [1.54, 1.807) is 6.92 Å². The first-order chi connectivity index (χ1) is 4.81. The van der Waals surface area contributed by atoms with Crippen LogP contribution in [-0.4, -0.2) is 31.6 Å². The van der Waals surface area contributed by atoms with Gasteiger partial charge in [0.1, 0.15) is 6.54 Å². The van der Waals surface area contributed by atoms with Crippen molar-refractivity contribution < 1.29 is 14.3 Å². The van der Waals surface area contributed by atoms with Crippen molar-refractivity contribution in [3.8, 4) is 0 Å². The molecular formula is C6H9NO3. The zero-order valence-electron chi connectivity index (χ0n) is 5.74. The summed E-state index contributed by atoms with van der Waals surface area (Å²) in [6.45, 7) is 1.98. The van der Waals surface area contributed by atoms with Crippen molar-refractivity contribution in [3.05, 3.63) is 0 Å². The van der Waals surface area contributed by atoms with Crippen LogP contribution in [0.5, 0.6) is 0 Å². The summed E-state index contributed by atoms with van der Waals surface area (Å²) in [5.41, 5.74) is 0. The minimum absolute atomic E-state index is 0.0768. The number of esters is 1. The molecule has 4 heteroatoms. The summed E-state index contributed by atoms with van der Waals surface area (Å²) in [7, 11) is 0. The SMILES string of the molecule is CCOC(=O)CN=CC=O. The molecule has 10 heavy (non-hydrogen) atoms. The fraction of sp³-hybridized carbons (Fsp3) is 0.500. The van der Waals surface area contributed by atoms with Gasteiger partial charge in [0.15, 0.2) is 6.29 Å². The molecule has 0 aromatic heterocycles. The van der Waals surface area contributed by atoms with E-state index in [4.69, 9.17) is 0 Å². The van der Waals surface area contributed by atoms with Gasteiger partial charge in [0.2, 0.25) is 0 Å². The van der Waals surface area contributed by atoms with Crippen molar-refractivity contribution in [1.82, 2.24) is 0 Å². The lowest BCUT2D eigenvalue weighted by atomic mass is 10.6. The smallest absolute Gasteiger partial charge is 0.327 e. The average Bonchev–Trinajstić information content (AvgIpc) is 1.89. The fourth-order valence-corrected chi connectivity index (χ4v) is 0.377. The van der Waals surface area contributed by atoms with E-state index in [-0.39, 0.29) is 6.54 Å². The highest BCUT2D eigenvalue weighted by Crippen LogP contribution is 1.77. The van der Waals surface area contributed by atoms with Gasteiger partial charge in [0.05, 0.1) is 12.8 Å². The molecule has 56 valence electrons. The van der Waals surface area contributed by atoms with Crippen LogP contribution in [0.1, 0.15) is 6.92 Å². The predicted octanol–water partition coefficient (Wildman–Crippen LogP) is -0.181. The Morgan fingerprint density at radius 1 is 1.70 bits per heavy atom. The highest BCUT2D eigenvalue weighted by atomic mass is 16.5. The van der Waals surface area contributed by atoms with Crippen molar-refractivity contribution >= 4 is 18.5 Å². The summed E-state index contributed by atoms with van der Waals surface area (Å²) >= 11 is 0. The zero-order chi connectivity index (χ0) is 7.82. The van der Waals surface area contributed by atoms with Crippen LogP contribution in [0.2, 0.25) is 0 Å². The standard InChI is InChI=1S/C6H9NO3/c1-2-10-6(9)5-7-3-4-8/h3-4H,2,5H2,1H3. The molecule has 0 unspecified atom stereocenters. The molecule has 0 saturated heterocycles. The second kappa shape index (κ2) is 5.94. The molecule has 0 atom stereocenters. The Labute approximate surface area is 58.9 Å². The van der Waals surface area contributed by atoms with Gasteiger partial charge < -0.3 is 4.74 Å². The number of ether oxygens (including phenoxy) is 1. The molecule has 0 bridgehead atoms. The van der Waals surface area contributed by atoms with Crippen LogP contribution in [-0.2, 0) is 14.3 Å². The maximum Gasteiger partial charge on any atom is 0.327 e. The van der Waals surface area contributed by atoms with Gasteiger partial charge in [-0.1, -0.05) is 0 Å². The molecule has 0 amide bonds. The Bertz CT molecular complexity index is 142. The van der Waals surface area contributed by atoms with Crippen LogP contribution in [0.4, 0.5) is 0 Å². The van der Waals surface area contributed by atoms with Gasteiger partial charge in [0.25, 0.3) is 0 Å². The molecule has 0 fully saturated rings. The summed E-state index contributed by atoms with van der Waals surface area (Å²) in [4.78, 5) is 23.5.